The average Bonchev–Trinajstić information content (AvgIpc) is 3.42. The molecule has 7 nitrogen and oxygen atoms in total. The Morgan fingerprint density at radius 3 is 2.30 bits per heavy atom. The largest absolute Gasteiger partial charge is 0.456 e. The zero-order valence-corrected chi connectivity index (χ0v) is 20.8. The number of alkyl halides is 2. The molecule has 172 valence electrons. The van der Waals surface area contributed by atoms with Crippen molar-refractivity contribution in [3.05, 3.63) is 42.5 Å². The third kappa shape index (κ3) is 3.89. The van der Waals surface area contributed by atoms with Gasteiger partial charge in [-0.1, -0.05) is 68.3 Å². The first-order valence-corrected chi connectivity index (χ1v) is 12.8. The third-order valence-corrected chi connectivity index (χ3v) is 10.3. The molecule has 2 bridgehead atoms. The Hall–Kier alpha value is -2.26. The van der Waals surface area contributed by atoms with Crippen molar-refractivity contribution in [1.82, 2.24) is 4.90 Å². The molecule has 1 heterocycles. The van der Waals surface area contributed by atoms with Crippen molar-refractivity contribution in [2.45, 2.75) is 22.5 Å². The van der Waals surface area contributed by atoms with Crippen molar-refractivity contribution in [2.24, 2.45) is 23.7 Å². The van der Waals surface area contributed by atoms with E-state index in [1.165, 1.54) is 4.90 Å². The van der Waals surface area contributed by atoms with Crippen molar-refractivity contribution in [2.75, 3.05) is 18.5 Å². The van der Waals surface area contributed by atoms with Crippen LogP contribution in [-0.4, -0.2) is 51.4 Å². The first-order chi connectivity index (χ1) is 15.9. The van der Waals surface area contributed by atoms with Crippen LogP contribution in [0.5, 0.6) is 0 Å². The number of esters is 1. The molecule has 2 aromatic rings. The molecule has 2 aliphatic carbocycles. The Kier molecular flexibility index (Phi) is 6.03. The SMILES string of the molecule is O=C(COC(=O)CCN1C(=O)[C@@H]2[C@H]3C[C@@H]([C@H](Br)[C@H]3Br)[C@@H]2C1=O)Nc1cccc2ccccc12. The van der Waals surface area contributed by atoms with Crippen LogP contribution in [0.3, 0.4) is 0 Å². The van der Waals surface area contributed by atoms with Crippen LogP contribution < -0.4 is 5.32 Å². The van der Waals surface area contributed by atoms with Gasteiger partial charge >= 0.3 is 5.97 Å². The van der Waals surface area contributed by atoms with Gasteiger partial charge in [-0.05, 0) is 29.7 Å². The van der Waals surface area contributed by atoms with Crippen molar-refractivity contribution in [1.29, 1.82) is 0 Å². The molecule has 2 saturated carbocycles. The summed E-state index contributed by atoms with van der Waals surface area (Å²) in [5.41, 5.74) is 0.638. The van der Waals surface area contributed by atoms with E-state index in [9.17, 15) is 19.2 Å². The lowest BCUT2D eigenvalue weighted by Crippen LogP contribution is -2.37. The van der Waals surface area contributed by atoms with Gasteiger partial charge in [0.2, 0.25) is 11.8 Å². The number of hydrogen-bond acceptors (Lipinski definition) is 5. The molecule has 0 aromatic heterocycles. The lowest BCUT2D eigenvalue weighted by molar-refractivity contribution is -0.149. The molecule has 1 aliphatic heterocycles. The minimum atomic E-state index is -0.625. The van der Waals surface area contributed by atoms with Crippen LogP contribution in [-0.2, 0) is 23.9 Å². The van der Waals surface area contributed by atoms with Gasteiger partial charge in [-0.3, -0.25) is 24.1 Å². The molecule has 2 aromatic carbocycles. The molecule has 3 fully saturated rings. The van der Waals surface area contributed by atoms with Gasteiger partial charge in [0.1, 0.15) is 0 Å². The molecule has 6 atom stereocenters. The lowest BCUT2D eigenvalue weighted by Gasteiger charge is -2.28. The van der Waals surface area contributed by atoms with E-state index in [4.69, 9.17) is 4.74 Å². The van der Waals surface area contributed by atoms with Gasteiger partial charge in [-0.15, -0.1) is 0 Å². The Morgan fingerprint density at radius 2 is 1.61 bits per heavy atom. The maximum Gasteiger partial charge on any atom is 0.308 e. The maximum absolute atomic E-state index is 12.9. The van der Waals surface area contributed by atoms with Crippen LogP contribution in [0.4, 0.5) is 5.69 Å². The highest BCUT2D eigenvalue weighted by Gasteiger charge is 2.66. The fourth-order valence-corrected chi connectivity index (χ4v) is 7.45. The van der Waals surface area contributed by atoms with Crippen molar-refractivity contribution < 1.29 is 23.9 Å². The van der Waals surface area contributed by atoms with Crippen LogP contribution in [0.15, 0.2) is 42.5 Å². The van der Waals surface area contributed by atoms with Crippen LogP contribution in [0.2, 0.25) is 0 Å². The summed E-state index contributed by atoms with van der Waals surface area (Å²) < 4.78 is 5.09. The molecule has 0 spiro atoms. The van der Waals surface area contributed by atoms with Gasteiger partial charge in [0.25, 0.3) is 5.91 Å². The van der Waals surface area contributed by atoms with Crippen LogP contribution in [0, 0.1) is 23.7 Å². The van der Waals surface area contributed by atoms with Crippen LogP contribution in [0.1, 0.15) is 12.8 Å². The number of nitrogens with zero attached hydrogens (tertiary/aromatic N) is 1. The van der Waals surface area contributed by atoms with E-state index in [2.05, 4.69) is 37.2 Å². The van der Waals surface area contributed by atoms with Gasteiger partial charge in [-0.25, -0.2) is 0 Å². The van der Waals surface area contributed by atoms with E-state index in [0.29, 0.717) is 5.69 Å². The number of carbonyl (C=O) groups excluding carboxylic acids is 4. The number of likely N-dealkylation sites (tertiary alicyclic amines) is 1. The maximum atomic E-state index is 12.9. The highest BCUT2D eigenvalue weighted by Crippen LogP contribution is 2.60. The molecule has 0 unspecified atom stereocenters. The molecular formula is C24H22Br2N2O5. The van der Waals surface area contributed by atoms with E-state index in [-0.39, 0.29) is 58.1 Å². The zero-order chi connectivity index (χ0) is 23.3. The second kappa shape index (κ2) is 8.83. The molecular weight excluding hydrogens is 556 g/mol. The summed E-state index contributed by atoms with van der Waals surface area (Å²) in [5, 5.41) is 4.64. The van der Waals surface area contributed by atoms with Crippen LogP contribution >= 0.6 is 31.9 Å². The van der Waals surface area contributed by atoms with Crippen molar-refractivity contribution in [3.63, 3.8) is 0 Å². The highest BCUT2D eigenvalue weighted by atomic mass is 79.9. The second-order valence-corrected chi connectivity index (χ2v) is 10.9. The number of rotatable bonds is 6. The molecule has 0 radical (unpaired) electrons. The lowest BCUT2D eigenvalue weighted by atomic mass is 9.81. The van der Waals surface area contributed by atoms with E-state index < -0.39 is 18.5 Å². The summed E-state index contributed by atoms with van der Waals surface area (Å²) >= 11 is 7.31. The number of halogens is 2. The predicted octanol–water partition coefficient (Wildman–Crippen LogP) is 3.49. The molecule has 9 heteroatoms. The van der Waals surface area contributed by atoms with E-state index in [1.807, 2.05) is 36.4 Å². The van der Waals surface area contributed by atoms with Gasteiger partial charge in [0.15, 0.2) is 6.61 Å². The fraction of sp³-hybridized carbons (Fsp3) is 0.417. The number of benzene rings is 2. The van der Waals surface area contributed by atoms with Gasteiger partial charge in [-0.2, -0.15) is 0 Å². The summed E-state index contributed by atoms with van der Waals surface area (Å²) in [6.07, 6.45) is 0.726. The number of amides is 3. The molecule has 5 rings (SSSR count). The Labute approximate surface area is 207 Å². The van der Waals surface area contributed by atoms with E-state index >= 15 is 0 Å². The van der Waals surface area contributed by atoms with E-state index in [1.54, 1.807) is 6.07 Å². The number of ether oxygens (including phenoxy) is 1. The molecule has 1 saturated heterocycles. The first-order valence-electron chi connectivity index (χ1n) is 10.9. The summed E-state index contributed by atoms with van der Waals surface area (Å²) in [6, 6.07) is 13.2. The van der Waals surface area contributed by atoms with Gasteiger partial charge in [0.05, 0.1) is 18.3 Å². The first kappa shape index (κ1) is 22.5. The topological polar surface area (TPSA) is 92.8 Å². The summed E-state index contributed by atoms with van der Waals surface area (Å²) in [7, 11) is 0. The molecule has 1 N–H and O–H groups in total. The summed E-state index contributed by atoms with van der Waals surface area (Å²) in [5.74, 6) is -1.80. The Morgan fingerprint density at radius 1 is 0.970 bits per heavy atom. The minimum Gasteiger partial charge on any atom is -0.456 e. The number of carbonyl (C=O) groups is 4. The number of fused-ring (bicyclic) bond motifs is 6. The number of hydrogen-bond donors (Lipinski definition) is 1. The summed E-state index contributed by atoms with van der Waals surface area (Å²) in [4.78, 5) is 51.8. The average molecular weight is 578 g/mol. The summed E-state index contributed by atoms with van der Waals surface area (Å²) in [6.45, 7) is -0.455. The molecule has 3 aliphatic rings. The standard InChI is InChI=1S/C24H22Br2N2O5/c25-21-14-10-15(22(21)26)20-19(14)23(31)28(24(20)32)9-8-18(30)33-11-17(29)27-16-7-3-5-12-4-1-2-6-13(12)16/h1-7,14-15,19-22H,8-11H2,(H,27,29)/t14-,15-,19-,20+,21+,22+/m1/s1. The van der Waals surface area contributed by atoms with Gasteiger partial charge < -0.3 is 10.1 Å². The number of nitrogens with one attached hydrogen (secondary N) is 1. The van der Waals surface area contributed by atoms with Crippen molar-refractivity contribution in [3.8, 4) is 0 Å². The number of imide groups is 1. The van der Waals surface area contributed by atoms with Crippen molar-refractivity contribution >= 4 is 72.0 Å². The highest BCUT2D eigenvalue weighted by molar-refractivity contribution is 9.12. The zero-order valence-electron chi connectivity index (χ0n) is 17.6. The fourth-order valence-electron chi connectivity index (χ4n) is 5.57. The number of anilines is 1. The Bertz CT molecular complexity index is 1120. The predicted molar refractivity (Wildman–Crippen MR) is 129 cm³/mol. The molecule has 33 heavy (non-hydrogen) atoms. The Balaban J connectivity index is 1.13. The second-order valence-electron chi connectivity index (χ2n) is 8.82. The third-order valence-electron chi connectivity index (χ3n) is 7.05. The molecule has 3 amide bonds. The smallest absolute Gasteiger partial charge is 0.308 e. The normalized spacial score (nSPS) is 30.1. The van der Waals surface area contributed by atoms with Crippen LogP contribution in [0.25, 0.3) is 10.8 Å². The minimum absolute atomic E-state index is 0.0201. The quantitative estimate of drug-likeness (QED) is 0.322. The van der Waals surface area contributed by atoms with Gasteiger partial charge in [0, 0.05) is 27.3 Å². The monoisotopic (exact) mass is 576 g/mol. The van der Waals surface area contributed by atoms with E-state index in [0.717, 1.165) is 17.2 Å².